The van der Waals surface area contributed by atoms with Gasteiger partial charge in [-0.15, -0.1) is 0 Å². The van der Waals surface area contributed by atoms with Crippen molar-refractivity contribution in [2.45, 2.75) is 84.5 Å². The summed E-state index contributed by atoms with van der Waals surface area (Å²) in [6.07, 6.45) is 15.9. The maximum atomic E-state index is 11.8. The second-order valence-electron chi connectivity index (χ2n) is 5.85. The molecule has 0 spiro atoms. The lowest BCUT2D eigenvalue weighted by atomic mass is 9.86. The van der Waals surface area contributed by atoms with E-state index >= 15 is 0 Å². The second-order valence-corrected chi connectivity index (χ2v) is 5.85. The Morgan fingerprint density at radius 3 is 2.56 bits per heavy atom. The summed E-state index contributed by atoms with van der Waals surface area (Å²) in [6, 6.07) is 0. The van der Waals surface area contributed by atoms with Crippen molar-refractivity contribution in [2.75, 3.05) is 0 Å². The fourth-order valence-corrected chi connectivity index (χ4v) is 2.86. The Balaban J connectivity index is 2.17. The molecule has 1 aliphatic rings. The van der Waals surface area contributed by atoms with Gasteiger partial charge in [-0.2, -0.15) is 0 Å². The first kappa shape index (κ1) is 15.5. The highest BCUT2D eigenvalue weighted by atomic mass is 16.1. The summed E-state index contributed by atoms with van der Waals surface area (Å²) in [5, 5.41) is 0. The van der Waals surface area contributed by atoms with Crippen molar-refractivity contribution in [1.82, 2.24) is 0 Å². The molecule has 0 aromatic carbocycles. The lowest BCUT2D eigenvalue weighted by molar-refractivity contribution is -0.115. The number of Topliss-reactive ketones (excluding diaryl/α,β-unsaturated/α-hetero) is 1. The second kappa shape index (κ2) is 9.35. The summed E-state index contributed by atoms with van der Waals surface area (Å²) in [6.45, 7) is 4.17. The maximum absolute atomic E-state index is 11.8. The zero-order chi connectivity index (χ0) is 13.2. The molecule has 0 aliphatic heterocycles. The maximum Gasteiger partial charge on any atom is 0.158 e. The molecule has 1 nitrogen and oxygen atoms in total. The Labute approximate surface area is 113 Å². The fourth-order valence-electron chi connectivity index (χ4n) is 2.86. The van der Waals surface area contributed by atoms with Crippen LogP contribution in [0.3, 0.4) is 0 Å². The summed E-state index contributed by atoms with van der Waals surface area (Å²) in [5.74, 6) is 1.30. The monoisotopic (exact) mass is 250 g/mol. The number of hydrogen-bond donors (Lipinski definition) is 0. The average Bonchev–Trinajstić information content (AvgIpc) is 2.40. The first-order valence-electron chi connectivity index (χ1n) is 7.94. The van der Waals surface area contributed by atoms with E-state index in [1.807, 2.05) is 6.92 Å². The lowest BCUT2D eigenvalue weighted by Crippen LogP contribution is -2.06. The van der Waals surface area contributed by atoms with Crippen LogP contribution in [-0.4, -0.2) is 5.78 Å². The molecule has 0 aromatic rings. The van der Waals surface area contributed by atoms with Crippen LogP contribution in [0, 0.1) is 5.92 Å². The third-order valence-electron chi connectivity index (χ3n) is 4.20. The molecule has 1 heteroatoms. The predicted octanol–water partition coefficient (Wildman–Crippen LogP) is 5.44. The van der Waals surface area contributed by atoms with Gasteiger partial charge < -0.3 is 0 Å². The minimum atomic E-state index is 0.368. The number of unbranched alkanes of at least 4 members (excludes halogenated alkanes) is 2. The zero-order valence-electron chi connectivity index (χ0n) is 12.3. The van der Waals surface area contributed by atoms with Gasteiger partial charge in [0.25, 0.3) is 0 Å². The highest BCUT2D eigenvalue weighted by Crippen LogP contribution is 2.27. The van der Waals surface area contributed by atoms with Gasteiger partial charge in [0, 0.05) is 6.42 Å². The molecule has 0 saturated heterocycles. The van der Waals surface area contributed by atoms with Crippen LogP contribution in [0.1, 0.15) is 84.5 Å². The minimum absolute atomic E-state index is 0.368. The van der Waals surface area contributed by atoms with Crippen molar-refractivity contribution in [3.63, 3.8) is 0 Å². The Morgan fingerprint density at radius 1 is 1.17 bits per heavy atom. The highest BCUT2D eigenvalue weighted by Gasteiger charge is 2.12. The normalized spacial score (nSPS) is 18.0. The number of hydrogen-bond acceptors (Lipinski definition) is 1. The molecule has 0 radical (unpaired) electrons. The van der Waals surface area contributed by atoms with Gasteiger partial charge in [0.15, 0.2) is 5.78 Å². The van der Waals surface area contributed by atoms with Gasteiger partial charge in [0.05, 0.1) is 0 Å². The smallest absolute Gasteiger partial charge is 0.158 e. The van der Waals surface area contributed by atoms with Crippen LogP contribution in [-0.2, 0) is 4.79 Å². The quantitative estimate of drug-likeness (QED) is 0.414. The first-order chi connectivity index (χ1) is 8.74. The number of carbonyl (C=O) groups excluding carboxylic acids is 1. The highest BCUT2D eigenvalue weighted by molar-refractivity contribution is 5.94. The third-order valence-corrected chi connectivity index (χ3v) is 4.20. The van der Waals surface area contributed by atoms with Crippen molar-refractivity contribution in [3.8, 4) is 0 Å². The van der Waals surface area contributed by atoms with Crippen LogP contribution in [0.5, 0.6) is 0 Å². The fraction of sp³-hybridized carbons (Fsp3) is 0.824. The van der Waals surface area contributed by atoms with E-state index in [0.717, 1.165) is 30.8 Å². The molecule has 0 bridgehead atoms. The molecule has 0 heterocycles. The first-order valence-corrected chi connectivity index (χ1v) is 7.94. The van der Waals surface area contributed by atoms with Crippen LogP contribution < -0.4 is 0 Å². The van der Waals surface area contributed by atoms with Crippen molar-refractivity contribution in [3.05, 3.63) is 11.6 Å². The van der Waals surface area contributed by atoms with E-state index in [1.54, 1.807) is 0 Å². The van der Waals surface area contributed by atoms with Crippen LogP contribution in [0.15, 0.2) is 11.6 Å². The molecule has 1 aliphatic carbocycles. The van der Waals surface area contributed by atoms with Crippen LogP contribution in [0.2, 0.25) is 0 Å². The van der Waals surface area contributed by atoms with Crippen molar-refractivity contribution < 1.29 is 4.79 Å². The SMILES string of the molecule is CCCCCC(=O)C(C)=CCCC1CCCCC1. The molecule has 104 valence electrons. The molecule has 18 heavy (non-hydrogen) atoms. The summed E-state index contributed by atoms with van der Waals surface area (Å²) in [7, 11) is 0. The number of ketones is 1. The standard InChI is InChI=1S/C17H30O/c1-3-4-6-14-17(18)15(2)10-9-13-16-11-7-5-8-12-16/h10,16H,3-9,11-14H2,1-2H3. The molecule has 0 N–H and O–H groups in total. The zero-order valence-corrected chi connectivity index (χ0v) is 12.3. The summed E-state index contributed by atoms with van der Waals surface area (Å²) < 4.78 is 0. The van der Waals surface area contributed by atoms with Gasteiger partial charge in [-0.05, 0) is 37.7 Å². The Hall–Kier alpha value is -0.590. The molecule has 0 atom stereocenters. The summed E-state index contributed by atoms with van der Waals surface area (Å²) in [4.78, 5) is 11.8. The number of allylic oxidation sites excluding steroid dienone is 2. The predicted molar refractivity (Wildman–Crippen MR) is 78.7 cm³/mol. The van der Waals surface area contributed by atoms with E-state index < -0.39 is 0 Å². The van der Waals surface area contributed by atoms with Crippen molar-refractivity contribution >= 4 is 5.78 Å². The average molecular weight is 250 g/mol. The Morgan fingerprint density at radius 2 is 1.89 bits per heavy atom. The molecule has 0 amide bonds. The van der Waals surface area contributed by atoms with Gasteiger partial charge in [-0.3, -0.25) is 4.79 Å². The largest absolute Gasteiger partial charge is 0.295 e. The molecule has 0 unspecified atom stereocenters. The topological polar surface area (TPSA) is 17.1 Å². The molecule has 1 rings (SSSR count). The lowest BCUT2D eigenvalue weighted by Gasteiger charge is -2.20. The van der Waals surface area contributed by atoms with Crippen molar-refractivity contribution in [2.24, 2.45) is 5.92 Å². The molecule has 1 saturated carbocycles. The van der Waals surface area contributed by atoms with Crippen LogP contribution >= 0.6 is 0 Å². The van der Waals surface area contributed by atoms with E-state index in [2.05, 4.69) is 13.0 Å². The number of carbonyl (C=O) groups is 1. The molecular weight excluding hydrogens is 220 g/mol. The van der Waals surface area contributed by atoms with Gasteiger partial charge in [0.1, 0.15) is 0 Å². The molecule has 0 aromatic heterocycles. The molecular formula is C17H30O. The van der Waals surface area contributed by atoms with Gasteiger partial charge in [-0.25, -0.2) is 0 Å². The van der Waals surface area contributed by atoms with Crippen LogP contribution in [0.4, 0.5) is 0 Å². The Bertz CT molecular complexity index is 259. The van der Waals surface area contributed by atoms with E-state index in [0.29, 0.717) is 5.78 Å². The van der Waals surface area contributed by atoms with Crippen molar-refractivity contribution in [1.29, 1.82) is 0 Å². The van der Waals surface area contributed by atoms with Gasteiger partial charge in [0.2, 0.25) is 0 Å². The Kier molecular flexibility index (Phi) is 8.04. The number of rotatable bonds is 8. The van der Waals surface area contributed by atoms with Crippen LogP contribution in [0.25, 0.3) is 0 Å². The summed E-state index contributed by atoms with van der Waals surface area (Å²) >= 11 is 0. The van der Waals surface area contributed by atoms with E-state index in [9.17, 15) is 4.79 Å². The van der Waals surface area contributed by atoms with E-state index in [4.69, 9.17) is 0 Å². The summed E-state index contributed by atoms with van der Waals surface area (Å²) in [5.41, 5.74) is 1.00. The molecule has 1 fully saturated rings. The van der Waals surface area contributed by atoms with E-state index in [-0.39, 0.29) is 0 Å². The van der Waals surface area contributed by atoms with Gasteiger partial charge in [-0.1, -0.05) is 57.9 Å². The minimum Gasteiger partial charge on any atom is -0.295 e. The van der Waals surface area contributed by atoms with Gasteiger partial charge >= 0.3 is 0 Å². The van der Waals surface area contributed by atoms with E-state index in [1.165, 1.54) is 51.4 Å². The third kappa shape index (κ3) is 6.37.